The van der Waals surface area contributed by atoms with E-state index in [-0.39, 0.29) is 12.2 Å². The molecular weight excluding hydrogens is 506 g/mol. The molecule has 2 aliphatic heterocycles. The quantitative estimate of drug-likeness (QED) is 0.314. The Balaban J connectivity index is 1.14. The predicted molar refractivity (Wildman–Crippen MR) is 153 cm³/mol. The highest BCUT2D eigenvalue weighted by molar-refractivity contribution is 5.78. The number of rotatable bonds is 6. The topological polar surface area (TPSA) is 120 Å². The summed E-state index contributed by atoms with van der Waals surface area (Å²) < 4.78 is 1.74. The molecule has 0 unspecified atom stereocenters. The number of nitrogens with one attached hydrogen (secondary N) is 1. The minimum atomic E-state index is -0.258. The molecule has 2 aromatic heterocycles. The average molecular weight is 538 g/mol. The Labute approximate surface area is 232 Å². The molecule has 2 aliphatic rings. The molecule has 11 heteroatoms. The molecule has 2 saturated heterocycles. The van der Waals surface area contributed by atoms with E-state index >= 15 is 0 Å². The summed E-state index contributed by atoms with van der Waals surface area (Å²) in [5.41, 5.74) is 4.75. The third-order valence-electron chi connectivity index (χ3n) is 7.47. The van der Waals surface area contributed by atoms with Gasteiger partial charge in [-0.15, -0.1) is 5.10 Å². The lowest BCUT2D eigenvalue weighted by Gasteiger charge is -2.32. The molecule has 11 nitrogen and oxygen atoms in total. The summed E-state index contributed by atoms with van der Waals surface area (Å²) in [6.45, 7) is 10.7. The van der Waals surface area contributed by atoms with Crippen molar-refractivity contribution in [3.05, 3.63) is 72.5 Å². The van der Waals surface area contributed by atoms with Gasteiger partial charge in [-0.1, -0.05) is 6.07 Å². The van der Waals surface area contributed by atoms with Gasteiger partial charge in [-0.05, 0) is 73.7 Å². The van der Waals surface area contributed by atoms with Crippen molar-refractivity contribution in [3.8, 4) is 16.9 Å². The second-order valence-electron chi connectivity index (χ2n) is 10.2. The maximum absolute atomic E-state index is 9.82. The maximum atomic E-state index is 9.82. The number of benzene rings is 2. The predicted octanol–water partition coefficient (Wildman–Crippen LogP) is 3.94. The number of aliphatic hydroxyl groups excluding tert-OH is 2. The highest BCUT2D eigenvalue weighted by Crippen LogP contribution is 2.35. The second-order valence-corrected chi connectivity index (χ2v) is 10.2. The van der Waals surface area contributed by atoms with Crippen LogP contribution >= 0.6 is 0 Å². The van der Waals surface area contributed by atoms with Crippen molar-refractivity contribution in [2.75, 3.05) is 41.3 Å². The summed E-state index contributed by atoms with van der Waals surface area (Å²) in [7, 11) is 0. The van der Waals surface area contributed by atoms with Gasteiger partial charge in [-0.3, -0.25) is 0 Å². The zero-order valence-corrected chi connectivity index (χ0v) is 22.1. The molecule has 6 rings (SSSR count). The fourth-order valence-corrected chi connectivity index (χ4v) is 5.14. The van der Waals surface area contributed by atoms with E-state index in [1.807, 2.05) is 48.5 Å². The minimum absolute atomic E-state index is 0.235. The van der Waals surface area contributed by atoms with E-state index in [0.717, 1.165) is 67.3 Å². The lowest BCUT2D eigenvalue weighted by atomic mass is 10.0. The van der Waals surface area contributed by atoms with Crippen molar-refractivity contribution >= 4 is 29.0 Å². The van der Waals surface area contributed by atoms with Gasteiger partial charge >= 0.3 is 0 Å². The van der Waals surface area contributed by atoms with Crippen molar-refractivity contribution < 1.29 is 10.2 Å². The van der Waals surface area contributed by atoms with E-state index in [1.54, 1.807) is 17.2 Å². The Bertz CT molecular complexity index is 1500. The number of piperidine rings is 2. The zero-order chi connectivity index (χ0) is 27.5. The van der Waals surface area contributed by atoms with Gasteiger partial charge in [-0.25, -0.2) is 19.5 Å². The molecule has 204 valence electrons. The summed E-state index contributed by atoms with van der Waals surface area (Å²) in [5, 5.41) is 27.4. The molecule has 0 saturated carbocycles. The van der Waals surface area contributed by atoms with Gasteiger partial charge < -0.3 is 25.3 Å². The molecule has 0 radical (unpaired) electrons. The summed E-state index contributed by atoms with van der Waals surface area (Å²) in [6, 6.07) is 15.4. The third-order valence-corrected chi connectivity index (χ3v) is 7.47. The van der Waals surface area contributed by atoms with E-state index < -0.39 is 0 Å². The second kappa shape index (κ2) is 11.3. The van der Waals surface area contributed by atoms with Crippen LogP contribution in [0.1, 0.15) is 25.7 Å². The minimum Gasteiger partial charge on any atom is -0.393 e. The highest BCUT2D eigenvalue weighted by Gasteiger charge is 2.21. The Morgan fingerprint density at radius 1 is 0.850 bits per heavy atom. The van der Waals surface area contributed by atoms with E-state index in [9.17, 15) is 10.2 Å². The monoisotopic (exact) mass is 537 g/mol. The first-order valence-electron chi connectivity index (χ1n) is 13.6. The number of hydrogen-bond donors (Lipinski definition) is 3. The number of nitrogens with zero attached hydrogens (tertiary/aromatic N) is 8. The first kappa shape index (κ1) is 25.7. The van der Waals surface area contributed by atoms with Crippen LogP contribution in [0.25, 0.3) is 21.8 Å². The molecule has 0 amide bonds. The lowest BCUT2D eigenvalue weighted by Crippen LogP contribution is -2.36. The molecule has 0 atom stereocenters. The normalized spacial score (nSPS) is 16.6. The summed E-state index contributed by atoms with van der Waals surface area (Å²) in [5.74, 6) is 1.13. The summed E-state index contributed by atoms with van der Waals surface area (Å²) in [4.78, 5) is 21.5. The molecule has 2 fully saturated rings. The summed E-state index contributed by atoms with van der Waals surface area (Å²) >= 11 is 0. The van der Waals surface area contributed by atoms with Crippen LogP contribution in [0, 0.1) is 6.57 Å². The lowest BCUT2D eigenvalue weighted by molar-refractivity contribution is 0.145. The SMILES string of the molecule is [C-]#[N+]c1cc(-c2ccnc(Nc3ccc(-n4cnc(N5CCC(O)CC5)n4)cc3)n2)ccc1N1CCC(O)CC1. The van der Waals surface area contributed by atoms with Crippen LogP contribution in [0.15, 0.2) is 61.1 Å². The number of hydrogen-bond acceptors (Lipinski definition) is 9. The third kappa shape index (κ3) is 5.59. The Morgan fingerprint density at radius 3 is 2.25 bits per heavy atom. The molecule has 0 aliphatic carbocycles. The standard InChI is InChI=1S/C29H31N9O2/c1-30-26-18-20(2-7-27(26)36-14-9-23(39)10-15-36)25-8-13-31-28(34-25)33-21-3-5-22(6-4-21)38-19-32-29(35-38)37-16-11-24(40)12-17-37/h2-8,13,18-19,23-24,39-40H,9-12,14-17H2,(H,31,33,34). The van der Waals surface area contributed by atoms with Crippen LogP contribution in [-0.2, 0) is 0 Å². The maximum Gasteiger partial charge on any atom is 0.245 e. The first-order valence-corrected chi connectivity index (χ1v) is 13.6. The van der Waals surface area contributed by atoms with Crippen molar-refractivity contribution in [2.24, 2.45) is 0 Å². The van der Waals surface area contributed by atoms with Crippen LogP contribution in [-0.4, -0.2) is 73.3 Å². The fourth-order valence-electron chi connectivity index (χ4n) is 5.14. The number of aromatic nitrogens is 5. The van der Waals surface area contributed by atoms with Crippen molar-refractivity contribution in [2.45, 2.75) is 37.9 Å². The average Bonchev–Trinajstić information content (AvgIpc) is 3.49. The van der Waals surface area contributed by atoms with Gasteiger partial charge in [0.2, 0.25) is 17.6 Å². The van der Waals surface area contributed by atoms with E-state index in [4.69, 9.17) is 6.57 Å². The van der Waals surface area contributed by atoms with E-state index in [2.05, 4.69) is 40.0 Å². The zero-order valence-electron chi connectivity index (χ0n) is 22.1. The van der Waals surface area contributed by atoms with Gasteiger partial charge in [-0.2, -0.15) is 4.98 Å². The van der Waals surface area contributed by atoms with Gasteiger partial charge in [0.1, 0.15) is 6.33 Å². The Kier molecular flexibility index (Phi) is 7.27. The van der Waals surface area contributed by atoms with Crippen molar-refractivity contribution in [1.29, 1.82) is 0 Å². The fraction of sp³-hybridized carbons (Fsp3) is 0.345. The molecule has 3 N–H and O–H groups in total. The van der Waals surface area contributed by atoms with Crippen molar-refractivity contribution in [3.63, 3.8) is 0 Å². The van der Waals surface area contributed by atoms with E-state index in [1.165, 1.54) is 0 Å². The Hall–Kier alpha value is -4.53. The molecule has 4 heterocycles. The molecule has 40 heavy (non-hydrogen) atoms. The van der Waals surface area contributed by atoms with Gasteiger partial charge in [0.25, 0.3) is 0 Å². The van der Waals surface area contributed by atoms with Crippen LogP contribution in [0.3, 0.4) is 0 Å². The van der Waals surface area contributed by atoms with Gasteiger partial charge in [0.15, 0.2) is 0 Å². The number of anilines is 4. The largest absolute Gasteiger partial charge is 0.393 e. The van der Waals surface area contributed by atoms with Gasteiger partial charge in [0, 0.05) is 43.8 Å². The van der Waals surface area contributed by atoms with Crippen LogP contribution in [0.2, 0.25) is 0 Å². The van der Waals surface area contributed by atoms with E-state index in [0.29, 0.717) is 30.4 Å². The van der Waals surface area contributed by atoms with Gasteiger partial charge in [0.05, 0.1) is 30.2 Å². The molecule has 0 spiro atoms. The van der Waals surface area contributed by atoms with Crippen molar-refractivity contribution in [1.82, 2.24) is 24.7 Å². The molecular formula is C29H31N9O2. The number of aliphatic hydroxyl groups is 2. The molecule has 2 aromatic carbocycles. The van der Waals surface area contributed by atoms with Crippen LogP contribution < -0.4 is 15.1 Å². The highest BCUT2D eigenvalue weighted by atomic mass is 16.3. The first-order chi connectivity index (χ1) is 19.6. The smallest absolute Gasteiger partial charge is 0.245 e. The van der Waals surface area contributed by atoms with Crippen LogP contribution in [0.5, 0.6) is 0 Å². The molecule has 0 bridgehead atoms. The molecule has 4 aromatic rings. The van der Waals surface area contributed by atoms with Crippen LogP contribution in [0.4, 0.5) is 29.0 Å². The Morgan fingerprint density at radius 2 is 1.55 bits per heavy atom. The summed E-state index contributed by atoms with van der Waals surface area (Å²) in [6.07, 6.45) is 5.80.